The normalized spacial score (nSPS) is 18.1. The number of carbonyl (C=O) groups excluding carboxylic acids is 1. The minimum absolute atomic E-state index is 0.126. The van der Waals surface area contributed by atoms with Crippen LogP contribution in [0.1, 0.15) is 23.5 Å². The number of halogens is 2. The summed E-state index contributed by atoms with van der Waals surface area (Å²) in [7, 11) is 1.70. The van der Waals surface area contributed by atoms with Crippen LogP contribution in [0.5, 0.6) is 0 Å². The highest BCUT2D eigenvalue weighted by Crippen LogP contribution is 2.37. The number of nitrogens with zero attached hydrogens (tertiary/aromatic N) is 2. The fourth-order valence-corrected chi connectivity index (χ4v) is 2.40. The van der Waals surface area contributed by atoms with Gasteiger partial charge in [-0.25, -0.2) is 8.78 Å². The van der Waals surface area contributed by atoms with E-state index in [1.807, 2.05) is 0 Å². The first-order valence-electron chi connectivity index (χ1n) is 5.83. The van der Waals surface area contributed by atoms with E-state index < -0.39 is 17.6 Å². The van der Waals surface area contributed by atoms with E-state index in [0.29, 0.717) is 11.4 Å². The highest BCUT2D eigenvalue weighted by molar-refractivity contribution is 5.94. The summed E-state index contributed by atoms with van der Waals surface area (Å²) in [5.74, 6) is -1.35. The summed E-state index contributed by atoms with van der Waals surface area (Å²) in [6, 6.07) is 3.41. The van der Waals surface area contributed by atoms with Gasteiger partial charge in [0.2, 0.25) is 5.91 Å². The minimum Gasteiger partial charge on any atom is -0.311 e. The Morgan fingerprint density at radius 2 is 2.16 bits per heavy atom. The van der Waals surface area contributed by atoms with Crippen LogP contribution in [-0.4, -0.2) is 15.7 Å². The second-order valence-electron chi connectivity index (χ2n) is 4.54. The average Bonchev–Trinajstić information content (AvgIpc) is 2.71. The second-order valence-corrected chi connectivity index (χ2v) is 4.54. The van der Waals surface area contributed by atoms with Gasteiger partial charge in [-0.1, -0.05) is 6.07 Å². The Morgan fingerprint density at radius 3 is 2.89 bits per heavy atom. The molecule has 0 bridgehead atoms. The molecule has 1 aliphatic heterocycles. The van der Waals surface area contributed by atoms with Crippen LogP contribution in [0.25, 0.3) is 0 Å². The van der Waals surface area contributed by atoms with Crippen molar-refractivity contribution in [2.45, 2.75) is 12.3 Å². The summed E-state index contributed by atoms with van der Waals surface area (Å²) in [5.41, 5.74) is 1.05. The maximum Gasteiger partial charge on any atom is 0.226 e. The molecule has 1 aromatic carbocycles. The molecule has 1 aliphatic rings. The first-order chi connectivity index (χ1) is 9.06. The predicted octanol–water partition coefficient (Wildman–Crippen LogP) is 2.17. The number of hydrogen-bond acceptors (Lipinski definition) is 2. The van der Waals surface area contributed by atoms with Crippen LogP contribution in [0.3, 0.4) is 0 Å². The fraction of sp³-hybridized carbons (Fsp3) is 0.231. The topological polar surface area (TPSA) is 46.9 Å². The summed E-state index contributed by atoms with van der Waals surface area (Å²) >= 11 is 0. The lowest BCUT2D eigenvalue weighted by molar-refractivity contribution is -0.116. The van der Waals surface area contributed by atoms with E-state index in [1.165, 1.54) is 16.8 Å². The molecule has 1 atom stereocenters. The van der Waals surface area contributed by atoms with Crippen LogP contribution in [0.15, 0.2) is 24.4 Å². The molecule has 4 nitrogen and oxygen atoms in total. The Balaban J connectivity index is 2.12. The zero-order valence-electron chi connectivity index (χ0n) is 10.2. The van der Waals surface area contributed by atoms with Gasteiger partial charge in [-0.3, -0.25) is 9.48 Å². The molecule has 1 aromatic heterocycles. The van der Waals surface area contributed by atoms with Crippen molar-refractivity contribution in [1.29, 1.82) is 0 Å². The van der Waals surface area contributed by atoms with Gasteiger partial charge in [0.05, 0.1) is 6.20 Å². The van der Waals surface area contributed by atoms with Crippen molar-refractivity contribution < 1.29 is 13.6 Å². The SMILES string of the molecule is Cn1ncc2c1NC(=O)CC2c1ccc(F)cc1F. The van der Waals surface area contributed by atoms with Crippen molar-refractivity contribution in [3.05, 3.63) is 47.2 Å². The van der Waals surface area contributed by atoms with Crippen LogP contribution < -0.4 is 5.32 Å². The smallest absolute Gasteiger partial charge is 0.226 e. The number of amides is 1. The van der Waals surface area contributed by atoms with Gasteiger partial charge in [0.1, 0.15) is 17.5 Å². The van der Waals surface area contributed by atoms with Gasteiger partial charge in [-0.2, -0.15) is 5.10 Å². The molecule has 0 spiro atoms. The average molecular weight is 263 g/mol. The van der Waals surface area contributed by atoms with Gasteiger partial charge >= 0.3 is 0 Å². The van der Waals surface area contributed by atoms with E-state index in [1.54, 1.807) is 13.2 Å². The molecule has 1 amide bonds. The monoisotopic (exact) mass is 263 g/mol. The highest BCUT2D eigenvalue weighted by atomic mass is 19.1. The maximum atomic E-state index is 13.9. The Kier molecular flexibility index (Phi) is 2.58. The van der Waals surface area contributed by atoms with Gasteiger partial charge < -0.3 is 5.32 Å². The number of anilines is 1. The number of benzene rings is 1. The van der Waals surface area contributed by atoms with E-state index in [0.717, 1.165) is 11.6 Å². The molecular formula is C13H11F2N3O. The van der Waals surface area contributed by atoms with Crippen molar-refractivity contribution in [1.82, 2.24) is 9.78 Å². The molecule has 98 valence electrons. The van der Waals surface area contributed by atoms with Crippen LogP contribution in [-0.2, 0) is 11.8 Å². The van der Waals surface area contributed by atoms with Crippen molar-refractivity contribution in [3.8, 4) is 0 Å². The van der Waals surface area contributed by atoms with Crippen molar-refractivity contribution in [2.24, 2.45) is 7.05 Å². The zero-order chi connectivity index (χ0) is 13.6. The summed E-state index contributed by atoms with van der Waals surface area (Å²) in [6.07, 6.45) is 1.73. The standard InChI is InChI=1S/C13H11F2N3O/c1-18-13-10(6-16-18)9(5-12(19)17-13)8-3-2-7(14)4-11(8)15/h2-4,6,9H,5H2,1H3,(H,17,19). The molecular weight excluding hydrogens is 252 g/mol. The lowest BCUT2D eigenvalue weighted by Gasteiger charge is -2.23. The van der Waals surface area contributed by atoms with E-state index in [2.05, 4.69) is 10.4 Å². The maximum absolute atomic E-state index is 13.9. The molecule has 1 unspecified atom stereocenters. The van der Waals surface area contributed by atoms with Gasteiger partial charge in [0.15, 0.2) is 0 Å². The second kappa shape index (κ2) is 4.15. The lowest BCUT2D eigenvalue weighted by Crippen LogP contribution is -2.24. The van der Waals surface area contributed by atoms with E-state index in [4.69, 9.17) is 0 Å². The number of rotatable bonds is 1. The Hall–Kier alpha value is -2.24. The summed E-state index contributed by atoms with van der Waals surface area (Å²) < 4.78 is 28.3. The molecule has 0 saturated heterocycles. The molecule has 2 heterocycles. The van der Waals surface area contributed by atoms with Gasteiger partial charge in [0.25, 0.3) is 0 Å². The zero-order valence-corrected chi connectivity index (χ0v) is 10.2. The first kappa shape index (κ1) is 11.8. The number of aromatic nitrogens is 2. The van der Waals surface area contributed by atoms with Gasteiger partial charge in [-0.05, 0) is 11.6 Å². The largest absolute Gasteiger partial charge is 0.311 e. The van der Waals surface area contributed by atoms with Gasteiger partial charge in [-0.15, -0.1) is 0 Å². The Labute approximate surface area is 108 Å². The van der Waals surface area contributed by atoms with Crippen LogP contribution in [0.2, 0.25) is 0 Å². The predicted molar refractivity (Wildman–Crippen MR) is 64.7 cm³/mol. The molecule has 0 aliphatic carbocycles. The first-order valence-corrected chi connectivity index (χ1v) is 5.83. The Bertz CT molecular complexity index is 666. The van der Waals surface area contributed by atoms with Crippen LogP contribution in [0, 0.1) is 11.6 Å². The third-order valence-electron chi connectivity index (χ3n) is 3.33. The third kappa shape index (κ3) is 1.89. The number of aryl methyl sites for hydroxylation is 1. The van der Waals surface area contributed by atoms with E-state index >= 15 is 0 Å². The Morgan fingerprint density at radius 1 is 1.37 bits per heavy atom. The summed E-state index contributed by atoms with van der Waals surface area (Å²) in [5, 5.41) is 6.76. The third-order valence-corrected chi connectivity index (χ3v) is 3.33. The van der Waals surface area contributed by atoms with E-state index in [-0.39, 0.29) is 12.3 Å². The van der Waals surface area contributed by atoms with Gasteiger partial charge in [0, 0.05) is 31.0 Å². The minimum atomic E-state index is -0.644. The molecule has 3 rings (SSSR count). The number of hydrogen-bond donors (Lipinski definition) is 1. The quantitative estimate of drug-likeness (QED) is 0.857. The molecule has 19 heavy (non-hydrogen) atoms. The number of fused-ring (bicyclic) bond motifs is 1. The molecule has 2 aromatic rings. The molecule has 0 radical (unpaired) electrons. The number of carbonyl (C=O) groups is 1. The fourth-order valence-electron chi connectivity index (χ4n) is 2.40. The van der Waals surface area contributed by atoms with Crippen LogP contribution in [0.4, 0.5) is 14.6 Å². The number of nitrogens with one attached hydrogen (secondary N) is 1. The molecule has 0 saturated carbocycles. The summed E-state index contributed by atoms with van der Waals surface area (Å²) in [6.45, 7) is 0. The van der Waals surface area contributed by atoms with E-state index in [9.17, 15) is 13.6 Å². The van der Waals surface area contributed by atoms with Crippen molar-refractivity contribution in [2.75, 3.05) is 5.32 Å². The molecule has 1 N–H and O–H groups in total. The molecule has 6 heteroatoms. The lowest BCUT2D eigenvalue weighted by atomic mass is 9.87. The molecule has 0 fully saturated rings. The van der Waals surface area contributed by atoms with Crippen LogP contribution >= 0.6 is 0 Å². The summed E-state index contributed by atoms with van der Waals surface area (Å²) in [4.78, 5) is 11.7. The van der Waals surface area contributed by atoms with Crippen molar-refractivity contribution in [3.63, 3.8) is 0 Å². The highest BCUT2D eigenvalue weighted by Gasteiger charge is 2.30. The van der Waals surface area contributed by atoms with Crippen molar-refractivity contribution >= 4 is 11.7 Å².